The second-order valence-electron chi connectivity index (χ2n) is 6.13. The van der Waals surface area contributed by atoms with Crippen molar-refractivity contribution in [3.63, 3.8) is 0 Å². The molecule has 0 unspecified atom stereocenters. The molecule has 144 valence electrons. The van der Waals surface area contributed by atoms with Gasteiger partial charge in [-0.1, -0.05) is 65.7 Å². The standard InChI is InChI=1S/C23H15Cl2NO3/c24-20-11-18(10-19(13-26)16-4-2-1-3-5-16)22(21(25)12-20)29-14-15-6-8-17(9-7-15)23(27)28/h1-12H,14H2,(H,27,28)/b19-10+. The highest BCUT2D eigenvalue weighted by Gasteiger charge is 2.12. The first kappa shape index (κ1) is 20.5. The number of carboxylic acid groups (broad SMARTS) is 1. The smallest absolute Gasteiger partial charge is 0.335 e. The Kier molecular flexibility index (Phi) is 6.56. The van der Waals surface area contributed by atoms with E-state index in [4.69, 9.17) is 33.0 Å². The summed E-state index contributed by atoms with van der Waals surface area (Å²) in [7, 11) is 0. The van der Waals surface area contributed by atoms with Gasteiger partial charge in [-0.05, 0) is 41.5 Å². The van der Waals surface area contributed by atoms with Gasteiger partial charge in [0.25, 0.3) is 0 Å². The highest BCUT2D eigenvalue weighted by molar-refractivity contribution is 6.36. The monoisotopic (exact) mass is 423 g/mol. The predicted molar refractivity (Wildman–Crippen MR) is 114 cm³/mol. The molecule has 1 N–H and O–H groups in total. The van der Waals surface area contributed by atoms with Crippen LogP contribution in [0.3, 0.4) is 0 Å². The maximum Gasteiger partial charge on any atom is 0.335 e. The molecule has 0 saturated carbocycles. The number of allylic oxidation sites excluding steroid dienone is 1. The van der Waals surface area contributed by atoms with Crippen molar-refractivity contribution in [2.45, 2.75) is 6.61 Å². The van der Waals surface area contributed by atoms with E-state index < -0.39 is 5.97 Å². The molecule has 4 nitrogen and oxygen atoms in total. The molecule has 0 radical (unpaired) electrons. The van der Waals surface area contributed by atoms with Crippen LogP contribution in [0.5, 0.6) is 5.75 Å². The van der Waals surface area contributed by atoms with Gasteiger partial charge in [-0.3, -0.25) is 0 Å². The fourth-order valence-corrected chi connectivity index (χ4v) is 3.26. The van der Waals surface area contributed by atoms with Crippen molar-refractivity contribution in [2.24, 2.45) is 0 Å². The van der Waals surface area contributed by atoms with E-state index in [0.717, 1.165) is 11.1 Å². The minimum absolute atomic E-state index is 0.176. The van der Waals surface area contributed by atoms with Crippen molar-refractivity contribution in [3.05, 3.63) is 99.0 Å². The Bertz CT molecular complexity index is 1100. The molecule has 6 heteroatoms. The average molecular weight is 424 g/mol. The molecule has 3 aromatic rings. The normalized spacial score (nSPS) is 11.0. The Morgan fingerprint density at radius 1 is 1.03 bits per heavy atom. The maximum absolute atomic E-state index is 11.0. The topological polar surface area (TPSA) is 70.3 Å². The highest BCUT2D eigenvalue weighted by atomic mass is 35.5. The first-order valence-corrected chi connectivity index (χ1v) is 9.35. The number of nitrogens with zero attached hydrogens (tertiary/aromatic N) is 1. The molecule has 0 saturated heterocycles. The lowest BCUT2D eigenvalue weighted by Crippen LogP contribution is -2.00. The average Bonchev–Trinajstić information content (AvgIpc) is 2.72. The highest BCUT2D eigenvalue weighted by Crippen LogP contribution is 2.35. The van der Waals surface area contributed by atoms with E-state index in [-0.39, 0.29) is 12.2 Å². The number of halogens is 2. The fourth-order valence-electron chi connectivity index (χ4n) is 2.69. The Morgan fingerprint density at radius 3 is 2.34 bits per heavy atom. The second kappa shape index (κ2) is 9.29. The Morgan fingerprint density at radius 2 is 1.72 bits per heavy atom. The fraction of sp³-hybridized carbons (Fsp3) is 0.0435. The van der Waals surface area contributed by atoms with Crippen molar-refractivity contribution in [3.8, 4) is 11.8 Å². The van der Waals surface area contributed by atoms with E-state index in [2.05, 4.69) is 6.07 Å². The molecule has 29 heavy (non-hydrogen) atoms. The van der Waals surface area contributed by atoms with Gasteiger partial charge in [-0.25, -0.2) is 4.79 Å². The third-order valence-corrected chi connectivity index (χ3v) is 4.63. The molecule has 0 atom stereocenters. The van der Waals surface area contributed by atoms with Gasteiger partial charge in [0.1, 0.15) is 12.4 Å². The summed E-state index contributed by atoms with van der Waals surface area (Å²) >= 11 is 12.5. The molecule has 0 aliphatic heterocycles. The zero-order valence-corrected chi connectivity index (χ0v) is 16.6. The lowest BCUT2D eigenvalue weighted by Gasteiger charge is -2.13. The van der Waals surface area contributed by atoms with Crippen LogP contribution >= 0.6 is 23.2 Å². The van der Waals surface area contributed by atoms with Crippen LogP contribution < -0.4 is 4.74 Å². The minimum Gasteiger partial charge on any atom is -0.487 e. The number of ether oxygens (including phenoxy) is 1. The van der Waals surface area contributed by atoms with Crippen molar-refractivity contribution in [1.82, 2.24) is 0 Å². The summed E-state index contributed by atoms with van der Waals surface area (Å²) in [5, 5.41) is 19.3. The molecule has 3 aromatic carbocycles. The third kappa shape index (κ3) is 5.17. The summed E-state index contributed by atoms with van der Waals surface area (Å²) in [6.45, 7) is 0.176. The first-order chi connectivity index (χ1) is 14.0. The van der Waals surface area contributed by atoms with Crippen LogP contribution in [0.1, 0.15) is 27.0 Å². The number of hydrogen-bond acceptors (Lipinski definition) is 3. The second-order valence-corrected chi connectivity index (χ2v) is 6.98. The van der Waals surface area contributed by atoms with Gasteiger partial charge < -0.3 is 9.84 Å². The van der Waals surface area contributed by atoms with Crippen molar-refractivity contribution >= 4 is 40.8 Å². The predicted octanol–water partition coefficient (Wildman–Crippen LogP) is 6.33. The zero-order chi connectivity index (χ0) is 20.8. The van der Waals surface area contributed by atoms with E-state index in [0.29, 0.717) is 26.9 Å². The molecule has 0 aromatic heterocycles. The van der Waals surface area contributed by atoms with Crippen LogP contribution in [-0.2, 0) is 6.61 Å². The molecular weight excluding hydrogens is 409 g/mol. The third-order valence-electron chi connectivity index (χ3n) is 4.13. The number of hydrogen-bond donors (Lipinski definition) is 1. The number of aromatic carboxylic acids is 1. The minimum atomic E-state index is -0.990. The van der Waals surface area contributed by atoms with Crippen LogP contribution in [0.15, 0.2) is 66.7 Å². The summed E-state index contributed by atoms with van der Waals surface area (Å²) in [4.78, 5) is 11.0. The molecule has 0 aliphatic carbocycles. The molecule has 3 rings (SSSR count). The van der Waals surface area contributed by atoms with Gasteiger partial charge in [0.2, 0.25) is 0 Å². The Hall–Kier alpha value is -3.26. The summed E-state index contributed by atoms with van der Waals surface area (Å²) < 4.78 is 5.90. The number of rotatable bonds is 6. The first-order valence-electron chi connectivity index (χ1n) is 8.59. The van der Waals surface area contributed by atoms with Gasteiger partial charge in [-0.2, -0.15) is 5.26 Å². The number of carbonyl (C=O) groups is 1. The summed E-state index contributed by atoms with van der Waals surface area (Å²) in [6.07, 6.45) is 1.68. The largest absolute Gasteiger partial charge is 0.487 e. The number of benzene rings is 3. The lowest BCUT2D eigenvalue weighted by molar-refractivity contribution is 0.0697. The van der Waals surface area contributed by atoms with Crippen LogP contribution in [0.25, 0.3) is 11.6 Å². The van der Waals surface area contributed by atoms with E-state index in [1.54, 1.807) is 30.3 Å². The molecule has 0 bridgehead atoms. The van der Waals surface area contributed by atoms with Crippen LogP contribution in [0, 0.1) is 11.3 Å². The molecule has 0 spiro atoms. The van der Waals surface area contributed by atoms with Crippen LogP contribution in [0.4, 0.5) is 0 Å². The molecule has 0 amide bonds. The Labute approximate surface area is 178 Å². The van der Waals surface area contributed by atoms with E-state index in [9.17, 15) is 10.1 Å². The SMILES string of the molecule is N#C/C(=C\c1cc(Cl)cc(Cl)c1OCc1ccc(C(=O)O)cc1)c1ccccc1. The quantitative estimate of drug-likeness (QED) is 0.371. The number of carboxylic acids is 1. The van der Waals surface area contributed by atoms with Crippen molar-refractivity contribution in [2.75, 3.05) is 0 Å². The Balaban J connectivity index is 1.92. The summed E-state index contributed by atoms with van der Waals surface area (Å²) in [6, 6.07) is 21.1. The van der Waals surface area contributed by atoms with E-state index in [1.807, 2.05) is 30.3 Å². The van der Waals surface area contributed by atoms with E-state index in [1.165, 1.54) is 12.1 Å². The molecule has 0 heterocycles. The number of nitriles is 1. The summed E-state index contributed by atoms with van der Waals surface area (Å²) in [5.41, 5.74) is 2.76. The van der Waals surface area contributed by atoms with Crippen molar-refractivity contribution < 1.29 is 14.6 Å². The van der Waals surface area contributed by atoms with Gasteiger partial charge in [0, 0.05) is 10.6 Å². The van der Waals surface area contributed by atoms with Gasteiger partial charge in [0.05, 0.1) is 22.2 Å². The lowest BCUT2D eigenvalue weighted by atomic mass is 10.0. The molecule has 0 aliphatic rings. The maximum atomic E-state index is 11.0. The van der Waals surface area contributed by atoms with Crippen molar-refractivity contribution in [1.29, 1.82) is 5.26 Å². The van der Waals surface area contributed by atoms with Gasteiger partial charge in [-0.15, -0.1) is 0 Å². The zero-order valence-electron chi connectivity index (χ0n) is 15.1. The van der Waals surface area contributed by atoms with Gasteiger partial charge in [0.15, 0.2) is 0 Å². The van der Waals surface area contributed by atoms with Gasteiger partial charge >= 0.3 is 5.97 Å². The van der Waals surface area contributed by atoms with Crippen LogP contribution in [0.2, 0.25) is 10.0 Å². The van der Waals surface area contributed by atoms with E-state index >= 15 is 0 Å². The molecule has 0 fully saturated rings. The van der Waals surface area contributed by atoms with Crippen LogP contribution in [-0.4, -0.2) is 11.1 Å². The molecular formula is C23H15Cl2NO3. The summed E-state index contributed by atoms with van der Waals surface area (Å²) in [5.74, 6) is -0.599.